The molecule has 0 aliphatic rings. The summed E-state index contributed by atoms with van der Waals surface area (Å²) < 4.78 is 15.4. The van der Waals surface area contributed by atoms with Crippen LogP contribution in [0.5, 0.6) is 0 Å². The van der Waals surface area contributed by atoms with Crippen molar-refractivity contribution in [3.63, 3.8) is 0 Å². The molecule has 0 spiro atoms. The highest BCUT2D eigenvalue weighted by Crippen LogP contribution is 2.24. The Morgan fingerprint density at radius 2 is 1.57 bits per heavy atom. The lowest BCUT2D eigenvalue weighted by Gasteiger charge is -2.18. The van der Waals surface area contributed by atoms with E-state index < -0.39 is 17.2 Å². The van der Waals surface area contributed by atoms with Crippen LogP contribution in [0.2, 0.25) is 0 Å². The number of hydrogen-bond acceptors (Lipinski definition) is 2. The molecular weight excluding hydrogens is 357 g/mol. The molecule has 0 fully saturated rings. The standard InChI is InChI=1S/C23H16FNO3/c24-16-11-12-18-20(14-16)25(17-9-5-2-6-10-17)21(23(27)28)19(22(18)26)13-15-7-3-1-4-8-15/h1-12,14H,13H2,(H,27,28). The van der Waals surface area contributed by atoms with Gasteiger partial charge in [0.15, 0.2) is 5.43 Å². The lowest BCUT2D eigenvalue weighted by molar-refractivity contribution is 0.0686. The van der Waals surface area contributed by atoms with Crippen molar-refractivity contribution in [3.8, 4) is 5.69 Å². The molecule has 0 radical (unpaired) electrons. The molecule has 138 valence electrons. The van der Waals surface area contributed by atoms with Crippen LogP contribution in [-0.2, 0) is 6.42 Å². The lowest BCUT2D eigenvalue weighted by Crippen LogP contribution is -2.24. The van der Waals surface area contributed by atoms with Crippen molar-refractivity contribution in [2.24, 2.45) is 0 Å². The van der Waals surface area contributed by atoms with Gasteiger partial charge in [0.1, 0.15) is 11.5 Å². The van der Waals surface area contributed by atoms with E-state index in [2.05, 4.69) is 0 Å². The molecule has 0 atom stereocenters. The third-order valence-electron chi connectivity index (χ3n) is 4.67. The molecule has 0 unspecified atom stereocenters. The van der Waals surface area contributed by atoms with Gasteiger partial charge in [-0.15, -0.1) is 0 Å². The van der Waals surface area contributed by atoms with Crippen LogP contribution < -0.4 is 5.43 Å². The molecule has 1 aromatic heterocycles. The number of benzene rings is 3. The number of nitrogens with zero attached hydrogens (tertiary/aromatic N) is 1. The molecule has 1 N–H and O–H groups in total. The zero-order valence-corrected chi connectivity index (χ0v) is 14.8. The van der Waals surface area contributed by atoms with Crippen molar-refractivity contribution in [1.82, 2.24) is 4.57 Å². The number of carboxylic acids is 1. The van der Waals surface area contributed by atoms with Gasteiger partial charge in [0.05, 0.1) is 5.52 Å². The zero-order chi connectivity index (χ0) is 19.7. The summed E-state index contributed by atoms with van der Waals surface area (Å²) in [5.41, 5.74) is 1.21. The number of carbonyl (C=O) groups is 1. The number of aromatic carboxylic acids is 1. The van der Waals surface area contributed by atoms with Gasteiger partial charge < -0.3 is 9.67 Å². The fourth-order valence-corrected chi connectivity index (χ4v) is 3.44. The largest absolute Gasteiger partial charge is 0.477 e. The monoisotopic (exact) mass is 373 g/mol. The second-order valence-electron chi connectivity index (χ2n) is 6.46. The van der Waals surface area contributed by atoms with Crippen molar-refractivity contribution < 1.29 is 14.3 Å². The molecule has 1 heterocycles. The number of para-hydroxylation sites is 1. The van der Waals surface area contributed by atoms with E-state index in [0.717, 1.165) is 5.56 Å². The molecule has 4 rings (SSSR count). The number of aromatic nitrogens is 1. The normalized spacial score (nSPS) is 10.9. The average molecular weight is 373 g/mol. The van der Waals surface area contributed by atoms with Gasteiger partial charge in [-0.3, -0.25) is 4.79 Å². The smallest absolute Gasteiger partial charge is 0.353 e. The first kappa shape index (κ1) is 17.7. The Morgan fingerprint density at radius 3 is 2.21 bits per heavy atom. The number of pyridine rings is 1. The highest BCUT2D eigenvalue weighted by Gasteiger charge is 2.23. The van der Waals surface area contributed by atoms with Crippen molar-refractivity contribution in [2.75, 3.05) is 0 Å². The first-order valence-corrected chi connectivity index (χ1v) is 8.76. The molecule has 0 bridgehead atoms. The van der Waals surface area contributed by atoms with E-state index in [1.807, 2.05) is 30.3 Å². The molecule has 28 heavy (non-hydrogen) atoms. The third kappa shape index (κ3) is 3.07. The number of halogens is 1. The predicted octanol–water partition coefficient (Wildman–Crippen LogP) is 4.42. The molecular formula is C23H16FNO3. The van der Waals surface area contributed by atoms with Crippen LogP contribution in [0.1, 0.15) is 21.6 Å². The Bertz CT molecular complexity index is 1230. The van der Waals surface area contributed by atoms with Crippen molar-refractivity contribution in [1.29, 1.82) is 0 Å². The zero-order valence-electron chi connectivity index (χ0n) is 14.8. The fourth-order valence-electron chi connectivity index (χ4n) is 3.44. The average Bonchev–Trinajstić information content (AvgIpc) is 2.71. The van der Waals surface area contributed by atoms with E-state index in [1.54, 1.807) is 30.3 Å². The van der Waals surface area contributed by atoms with Crippen LogP contribution in [0.4, 0.5) is 4.39 Å². The van der Waals surface area contributed by atoms with Gasteiger partial charge in [-0.1, -0.05) is 48.5 Å². The Hall–Kier alpha value is -3.73. The van der Waals surface area contributed by atoms with E-state index in [0.29, 0.717) is 5.69 Å². The van der Waals surface area contributed by atoms with Gasteiger partial charge >= 0.3 is 5.97 Å². The summed E-state index contributed by atoms with van der Waals surface area (Å²) >= 11 is 0. The second-order valence-corrected chi connectivity index (χ2v) is 6.46. The minimum atomic E-state index is -1.24. The summed E-state index contributed by atoms with van der Waals surface area (Å²) in [7, 11) is 0. The second kappa shape index (κ2) is 7.12. The molecule has 0 aliphatic heterocycles. The fraction of sp³-hybridized carbons (Fsp3) is 0.0435. The highest BCUT2D eigenvalue weighted by atomic mass is 19.1. The molecule has 0 amide bonds. The van der Waals surface area contributed by atoms with E-state index in [9.17, 15) is 19.1 Å². The van der Waals surface area contributed by atoms with Gasteiger partial charge in [-0.25, -0.2) is 9.18 Å². The quantitative estimate of drug-likeness (QED) is 0.576. The van der Waals surface area contributed by atoms with Gasteiger partial charge in [0.25, 0.3) is 0 Å². The van der Waals surface area contributed by atoms with Crippen LogP contribution in [0.25, 0.3) is 16.6 Å². The third-order valence-corrected chi connectivity index (χ3v) is 4.67. The predicted molar refractivity (Wildman–Crippen MR) is 106 cm³/mol. The lowest BCUT2D eigenvalue weighted by atomic mass is 9.99. The molecule has 0 saturated carbocycles. The maximum Gasteiger partial charge on any atom is 0.353 e. The Kier molecular flexibility index (Phi) is 4.49. The first-order valence-electron chi connectivity index (χ1n) is 8.76. The summed E-state index contributed by atoms with van der Waals surface area (Å²) in [4.78, 5) is 25.4. The maximum atomic E-state index is 14.0. The van der Waals surface area contributed by atoms with Crippen LogP contribution in [0.15, 0.2) is 83.7 Å². The number of carboxylic acid groups (broad SMARTS) is 1. The van der Waals surface area contributed by atoms with Crippen molar-refractivity contribution >= 4 is 16.9 Å². The molecule has 4 aromatic rings. The Balaban J connectivity index is 2.13. The van der Waals surface area contributed by atoms with E-state index in [1.165, 1.54) is 22.8 Å². The minimum Gasteiger partial charge on any atom is -0.477 e. The summed E-state index contributed by atoms with van der Waals surface area (Å²) in [5.74, 6) is -1.78. The molecule has 3 aromatic carbocycles. The maximum absolute atomic E-state index is 14.0. The van der Waals surface area contributed by atoms with Crippen molar-refractivity contribution in [3.05, 3.63) is 112 Å². The summed E-state index contributed by atoms with van der Waals surface area (Å²) in [5, 5.41) is 10.3. The summed E-state index contributed by atoms with van der Waals surface area (Å²) in [6.07, 6.45) is 0.168. The van der Waals surface area contributed by atoms with Gasteiger partial charge in [0.2, 0.25) is 0 Å². The topological polar surface area (TPSA) is 59.3 Å². The number of rotatable bonds is 4. The van der Waals surface area contributed by atoms with Gasteiger partial charge in [0, 0.05) is 23.1 Å². The first-order chi connectivity index (χ1) is 13.6. The van der Waals surface area contributed by atoms with Crippen LogP contribution in [0, 0.1) is 5.82 Å². The van der Waals surface area contributed by atoms with E-state index in [4.69, 9.17) is 0 Å². The van der Waals surface area contributed by atoms with Gasteiger partial charge in [-0.05, 0) is 35.9 Å². The number of hydrogen-bond donors (Lipinski definition) is 1. The molecule has 4 nitrogen and oxygen atoms in total. The van der Waals surface area contributed by atoms with Gasteiger partial charge in [-0.2, -0.15) is 0 Å². The molecule has 0 saturated heterocycles. The minimum absolute atomic E-state index is 0.154. The van der Waals surface area contributed by atoms with Crippen LogP contribution in [0.3, 0.4) is 0 Å². The van der Waals surface area contributed by atoms with Crippen LogP contribution in [-0.4, -0.2) is 15.6 Å². The Morgan fingerprint density at radius 1 is 0.929 bits per heavy atom. The number of fused-ring (bicyclic) bond motifs is 1. The van der Waals surface area contributed by atoms with E-state index >= 15 is 0 Å². The summed E-state index contributed by atoms with van der Waals surface area (Å²) in [6.45, 7) is 0. The summed E-state index contributed by atoms with van der Waals surface area (Å²) in [6, 6.07) is 21.8. The van der Waals surface area contributed by atoms with Crippen LogP contribution >= 0.6 is 0 Å². The molecule has 5 heteroatoms. The highest BCUT2D eigenvalue weighted by molar-refractivity contribution is 5.94. The Labute approximate surface area is 160 Å². The van der Waals surface area contributed by atoms with Crippen molar-refractivity contribution in [2.45, 2.75) is 6.42 Å². The van der Waals surface area contributed by atoms with E-state index in [-0.39, 0.29) is 28.6 Å². The molecule has 0 aliphatic carbocycles. The SMILES string of the molecule is O=C(O)c1c(Cc2ccccc2)c(=O)c2ccc(F)cc2n1-c1ccccc1.